The highest BCUT2D eigenvalue weighted by Crippen LogP contribution is 2.22. The van der Waals surface area contributed by atoms with Crippen LogP contribution >= 0.6 is 0 Å². The Balaban J connectivity index is 2.21. The summed E-state index contributed by atoms with van der Waals surface area (Å²) in [6.45, 7) is 2.08. The standard InChI is InChI=1S/C15H17N/c1-15(16,14-10-6-3-7-11-14)12-13-8-4-2-5-9-13/h2-11H,12,16H2,1H3/t15-/m0/s1/i15+2. The lowest BCUT2D eigenvalue weighted by atomic mass is 10.2. The number of hydrogen-bond acceptors (Lipinski definition) is 1. The largest absolute Gasteiger partial charge is 0.321 e. The topological polar surface area (TPSA) is 26.0 Å². The highest BCUT2D eigenvalue weighted by molar-refractivity contribution is 5.27. The Bertz CT molecular complexity index is 432. The second-order valence-electron chi connectivity index (χ2n) is 4.45. The second kappa shape index (κ2) is 4.50. The van der Waals surface area contributed by atoms with Gasteiger partial charge in [0.25, 0.3) is 0 Å². The fourth-order valence-electron chi connectivity index (χ4n) is 1.94. The predicted octanol–water partition coefficient (Wildman–Crippen LogP) is 3.10. The van der Waals surface area contributed by atoms with Crippen LogP contribution < -0.4 is 5.73 Å². The van der Waals surface area contributed by atoms with Crippen LogP contribution in [-0.2, 0) is 12.0 Å². The number of rotatable bonds is 3. The Morgan fingerprint density at radius 1 is 0.875 bits per heavy atom. The molecule has 2 aromatic carbocycles. The molecule has 0 amide bonds. The molecule has 2 aromatic rings. The molecule has 0 heterocycles. The first kappa shape index (κ1) is 10.9. The molecule has 0 aliphatic heterocycles. The summed E-state index contributed by atoms with van der Waals surface area (Å²) in [5.74, 6) is 0. The molecule has 82 valence electrons. The molecule has 0 aliphatic rings. The molecule has 2 rings (SSSR count). The first-order valence-corrected chi connectivity index (χ1v) is 5.57. The summed E-state index contributed by atoms with van der Waals surface area (Å²) in [5.41, 5.74) is 8.52. The summed E-state index contributed by atoms with van der Waals surface area (Å²) in [6.07, 6.45) is 0.859. The normalized spacial score (nSPS) is 14.4. The van der Waals surface area contributed by atoms with E-state index in [0.717, 1.165) is 6.42 Å². The monoisotopic (exact) mass is 213 g/mol. The van der Waals surface area contributed by atoms with E-state index < -0.39 is 0 Å². The summed E-state index contributed by atoms with van der Waals surface area (Å²) in [6, 6.07) is 20.6. The van der Waals surface area contributed by atoms with E-state index >= 15 is 0 Å². The van der Waals surface area contributed by atoms with E-state index in [-0.39, 0.29) is 5.54 Å². The molecule has 2 N–H and O–H groups in total. The molecule has 0 fully saturated rings. The van der Waals surface area contributed by atoms with Crippen LogP contribution in [0.15, 0.2) is 60.7 Å². The van der Waals surface area contributed by atoms with Crippen LogP contribution in [0.1, 0.15) is 18.1 Å². The fourth-order valence-corrected chi connectivity index (χ4v) is 1.94. The van der Waals surface area contributed by atoms with Gasteiger partial charge in [-0.25, -0.2) is 0 Å². The lowest BCUT2D eigenvalue weighted by molar-refractivity contribution is 0.491. The maximum atomic E-state index is 6.37. The first-order chi connectivity index (χ1) is 7.68. The third-order valence-electron chi connectivity index (χ3n) is 2.85. The molecular weight excluding hydrogens is 196 g/mol. The zero-order chi connectivity index (χ0) is 11.4. The van der Waals surface area contributed by atoms with Crippen molar-refractivity contribution in [2.75, 3.05) is 0 Å². The number of hydrogen-bond donors (Lipinski definition) is 1. The Labute approximate surface area is 96.9 Å². The Hall–Kier alpha value is -1.60. The van der Waals surface area contributed by atoms with Gasteiger partial charge in [0, 0.05) is 5.54 Å². The molecular formula is C15H17N. The van der Waals surface area contributed by atoms with Crippen molar-refractivity contribution >= 4 is 0 Å². The molecule has 0 aliphatic carbocycles. The van der Waals surface area contributed by atoms with Gasteiger partial charge < -0.3 is 5.73 Å². The van der Waals surface area contributed by atoms with E-state index in [0.29, 0.717) is 0 Å². The smallest absolute Gasteiger partial charge is 0.0421 e. The van der Waals surface area contributed by atoms with Crippen LogP contribution in [0.2, 0.25) is 0 Å². The lowest BCUT2D eigenvalue weighted by Gasteiger charge is -2.25. The Morgan fingerprint density at radius 3 is 1.94 bits per heavy atom. The van der Waals surface area contributed by atoms with Gasteiger partial charge in [0.05, 0.1) is 0 Å². The predicted molar refractivity (Wildman–Crippen MR) is 68.1 cm³/mol. The van der Waals surface area contributed by atoms with Crippen LogP contribution in [-0.4, -0.2) is 0 Å². The third kappa shape index (κ3) is 2.50. The summed E-state index contributed by atoms with van der Waals surface area (Å²) < 4.78 is 0. The number of nitrogens with two attached hydrogens (primary N) is 1. The molecule has 0 spiro atoms. The molecule has 0 aromatic heterocycles. The minimum atomic E-state index is -0.303. The van der Waals surface area contributed by atoms with E-state index in [1.807, 2.05) is 24.3 Å². The average Bonchev–Trinajstić information content (AvgIpc) is 2.31. The molecule has 0 saturated heterocycles. The molecule has 0 radical (unpaired) electrons. The molecule has 1 atom stereocenters. The van der Waals surface area contributed by atoms with Gasteiger partial charge in [0.2, 0.25) is 0 Å². The van der Waals surface area contributed by atoms with E-state index in [1.165, 1.54) is 11.1 Å². The Kier molecular flexibility index (Phi) is 3.07. The van der Waals surface area contributed by atoms with Gasteiger partial charge in [-0.2, -0.15) is 0 Å². The van der Waals surface area contributed by atoms with Gasteiger partial charge in [0.1, 0.15) is 0 Å². The summed E-state index contributed by atoms with van der Waals surface area (Å²) in [7, 11) is 0. The van der Waals surface area contributed by atoms with Crippen molar-refractivity contribution in [3.8, 4) is 0 Å². The summed E-state index contributed by atoms with van der Waals surface area (Å²) >= 11 is 0. The maximum absolute atomic E-state index is 6.37. The van der Waals surface area contributed by atoms with Crippen molar-refractivity contribution in [3.05, 3.63) is 71.8 Å². The van der Waals surface area contributed by atoms with Crippen molar-refractivity contribution in [2.45, 2.75) is 18.9 Å². The fraction of sp³-hybridized carbons (Fsp3) is 0.200. The molecule has 1 heteroatoms. The molecule has 0 saturated carbocycles. The third-order valence-corrected chi connectivity index (χ3v) is 2.85. The Morgan fingerprint density at radius 2 is 1.38 bits per heavy atom. The summed E-state index contributed by atoms with van der Waals surface area (Å²) in [5, 5.41) is 0. The van der Waals surface area contributed by atoms with Crippen LogP contribution in [0.5, 0.6) is 0 Å². The number of benzene rings is 2. The van der Waals surface area contributed by atoms with Gasteiger partial charge >= 0.3 is 0 Å². The quantitative estimate of drug-likeness (QED) is 0.833. The van der Waals surface area contributed by atoms with Crippen molar-refractivity contribution in [1.29, 1.82) is 0 Å². The zero-order valence-electron chi connectivity index (χ0n) is 9.56. The lowest BCUT2D eigenvalue weighted by Crippen LogP contribution is -2.35. The highest BCUT2D eigenvalue weighted by Gasteiger charge is 2.20. The molecule has 16 heavy (non-hydrogen) atoms. The van der Waals surface area contributed by atoms with Gasteiger partial charge in [-0.15, -0.1) is 0 Å². The van der Waals surface area contributed by atoms with E-state index in [2.05, 4.69) is 43.3 Å². The van der Waals surface area contributed by atoms with E-state index in [1.54, 1.807) is 0 Å². The van der Waals surface area contributed by atoms with E-state index in [9.17, 15) is 0 Å². The molecule has 1 nitrogen and oxygen atoms in total. The first-order valence-electron chi connectivity index (χ1n) is 5.57. The maximum Gasteiger partial charge on any atom is 0.0421 e. The SMILES string of the molecule is C[14C@](N)(Cc1ccccc1)c1ccccc1. The van der Waals surface area contributed by atoms with E-state index in [4.69, 9.17) is 5.73 Å². The average molecular weight is 213 g/mol. The van der Waals surface area contributed by atoms with Crippen LogP contribution in [0.3, 0.4) is 0 Å². The van der Waals surface area contributed by atoms with Crippen molar-refractivity contribution in [1.82, 2.24) is 0 Å². The molecule has 0 unspecified atom stereocenters. The molecule has 0 bridgehead atoms. The van der Waals surface area contributed by atoms with Gasteiger partial charge in [0.15, 0.2) is 0 Å². The highest BCUT2D eigenvalue weighted by atomic mass is 15.6. The minimum Gasteiger partial charge on any atom is -0.321 e. The van der Waals surface area contributed by atoms with Gasteiger partial charge in [-0.05, 0) is 24.5 Å². The van der Waals surface area contributed by atoms with Crippen molar-refractivity contribution in [3.63, 3.8) is 0 Å². The van der Waals surface area contributed by atoms with Gasteiger partial charge in [-0.1, -0.05) is 60.7 Å². The van der Waals surface area contributed by atoms with Crippen molar-refractivity contribution < 1.29 is 0 Å². The zero-order valence-corrected chi connectivity index (χ0v) is 9.56. The van der Waals surface area contributed by atoms with Gasteiger partial charge in [-0.3, -0.25) is 0 Å². The van der Waals surface area contributed by atoms with Crippen LogP contribution in [0, 0.1) is 0 Å². The summed E-state index contributed by atoms with van der Waals surface area (Å²) in [4.78, 5) is 0. The van der Waals surface area contributed by atoms with Crippen LogP contribution in [0.4, 0.5) is 0 Å². The second-order valence-corrected chi connectivity index (χ2v) is 4.45. The van der Waals surface area contributed by atoms with Crippen molar-refractivity contribution in [2.24, 2.45) is 5.73 Å². The van der Waals surface area contributed by atoms with Crippen LogP contribution in [0.25, 0.3) is 0 Å². The minimum absolute atomic E-state index is 0.303.